The van der Waals surface area contributed by atoms with E-state index in [2.05, 4.69) is 20.8 Å². The molecule has 9 heteroatoms. The summed E-state index contributed by atoms with van der Waals surface area (Å²) in [5.41, 5.74) is -0.189. The molecule has 0 spiro atoms. The summed E-state index contributed by atoms with van der Waals surface area (Å²) in [5.74, 6) is -1.90. The first-order chi connectivity index (χ1) is 11.1. The number of hydrogen-bond acceptors (Lipinski definition) is 6. The van der Waals surface area contributed by atoms with E-state index < -0.39 is 22.8 Å². The highest BCUT2D eigenvalue weighted by Crippen LogP contribution is 2.30. The number of carbonyl (C=O) groups is 1. The van der Waals surface area contributed by atoms with Crippen LogP contribution in [0.2, 0.25) is 0 Å². The van der Waals surface area contributed by atoms with Gasteiger partial charge in [0, 0.05) is 11.6 Å². The lowest BCUT2D eigenvalue weighted by Crippen LogP contribution is -2.25. The van der Waals surface area contributed by atoms with Gasteiger partial charge >= 0.3 is 0 Å². The van der Waals surface area contributed by atoms with Crippen molar-refractivity contribution >= 4 is 39.8 Å². The van der Waals surface area contributed by atoms with Gasteiger partial charge in [0.2, 0.25) is 11.0 Å². The molecule has 2 aromatic rings. The smallest absolute Gasteiger partial charge is 0.237 e. The van der Waals surface area contributed by atoms with Crippen molar-refractivity contribution in [3.05, 3.63) is 29.8 Å². The minimum atomic E-state index is -0.812. The number of anilines is 2. The zero-order valence-electron chi connectivity index (χ0n) is 13.7. The van der Waals surface area contributed by atoms with Crippen molar-refractivity contribution < 1.29 is 13.6 Å². The third kappa shape index (κ3) is 5.41. The van der Waals surface area contributed by atoms with E-state index >= 15 is 0 Å². The lowest BCUT2D eigenvalue weighted by Gasteiger charge is -2.18. The number of benzene rings is 1. The molecule has 0 saturated carbocycles. The molecule has 1 aromatic heterocycles. The molecular formula is C15H18F2N4OS2. The first-order valence-electron chi connectivity index (χ1n) is 7.18. The number of rotatable bonds is 5. The summed E-state index contributed by atoms with van der Waals surface area (Å²) in [6.45, 7) is 7.71. The lowest BCUT2D eigenvalue weighted by atomic mass is 10.1. The molecule has 0 aliphatic heterocycles. The predicted octanol–water partition coefficient (Wildman–Crippen LogP) is 4.15. The van der Waals surface area contributed by atoms with Crippen molar-refractivity contribution in [3.8, 4) is 0 Å². The highest BCUT2D eigenvalue weighted by Gasteiger charge is 2.20. The fourth-order valence-electron chi connectivity index (χ4n) is 1.66. The second kappa shape index (κ2) is 7.43. The quantitative estimate of drug-likeness (QED) is 0.772. The van der Waals surface area contributed by atoms with E-state index in [0.717, 1.165) is 12.1 Å². The summed E-state index contributed by atoms with van der Waals surface area (Å²) in [4.78, 5) is 12.1. The van der Waals surface area contributed by atoms with E-state index in [1.165, 1.54) is 29.2 Å². The number of thioether (sulfide) groups is 1. The predicted molar refractivity (Wildman–Crippen MR) is 93.6 cm³/mol. The van der Waals surface area contributed by atoms with Gasteiger partial charge in [-0.1, -0.05) is 23.1 Å². The molecule has 5 nitrogen and oxygen atoms in total. The average molecular weight is 372 g/mol. The summed E-state index contributed by atoms with van der Waals surface area (Å²) < 4.78 is 27.1. The first kappa shape index (κ1) is 18.6. The van der Waals surface area contributed by atoms with Gasteiger partial charge in [0.15, 0.2) is 4.34 Å². The van der Waals surface area contributed by atoms with E-state index in [4.69, 9.17) is 0 Å². The lowest BCUT2D eigenvalue weighted by molar-refractivity contribution is -0.115. The van der Waals surface area contributed by atoms with E-state index in [0.29, 0.717) is 9.47 Å². The Morgan fingerprint density at radius 1 is 1.29 bits per heavy atom. The maximum Gasteiger partial charge on any atom is 0.237 e. The fourth-order valence-corrected chi connectivity index (χ4v) is 3.76. The van der Waals surface area contributed by atoms with Crippen LogP contribution < -0.4 is 10.6 Å². The van der Waals surface area contributed by atoms with Gasteiger partial charge in [0.1, 0.15) is 11.6 Å². The standard InChI is InChI=1S/C15H18F2N4OS2/c1-8(12(22)18-11-6-5-9(16)7-10(11)17)23-14-21-20-13(24-14)19-15(2,3)4/h5-8H,1-4H3,(H,18,22)(H,19,20)/t8-/m0/s1. The molecule has 0 aliphatic carbocycles. The number of nitrogens with zero attached hydrogens (tertiary/aromatic N) is 2. The summed E-state index contributed by atoms with van der Waals surface area (Å²) in [7, 11) is 0. The van der Waals surface area contributed by atoms with E-state index in [1.54, 1.807) is 6.92 Å². The number of aromatic nitrogens is 2. The Kier molecular flexibility index (Phi) is 5.76. The van der Waals surface area contributed by atoms with Gasteiger partial charge in [0.05, 0.1) is 10.9 Å². The largest absolute Gasteiger partial charge is 0.355 e. The zero-order chi connectivity index (χ0) is 17.9. The SMILES string of the molecule is C[C@H](Sc1nnc(NC(C)(C)C)s1)C(=O)Nc1ccc(F)cc1F. The van der Waals surface area contributed by atoms with Crippen LogP contribution >= 0.6 is 23.1 Å². The minimum absolute atomic E-state index is 0.0544. The van der Waals surface area contributed by atoms with Crippen LogP contribution in [0.1, 0.15) is 27.7 Å². The molecule has 0 unspecified atom stereocenters. The number of halogens is 2. The van der Waals surface area contributed by atoms with Crippen LogP contribution in [0.3, 0.4) is 0 Å². The van der Waals surface area contributed by atoms with E-state index in [-0.39, 0.29) is 11.2 Å². The monoisotopic (exact) mass is 372 g/mol. The van der Waals surface area contributed by atoms with Crippen LogP contribution in [0.5, 0.6) is 0 Å². The summed E-state index contributed by atoms with van der Waals surface area (Å²) in [6.07, 6.45) is 0. The molecule has 0 radical (unpaired) electrons. The molecule has 0 aliphatic rings. The van der Waals surface area contributed by atoms with Gasteiger partial charge in [-0.15, -0.1) is 10.2 Å². The van der Waals surface area contributed by atoms with Crippen LogP contribution in [-0.4, -0.2) is 26.9 Å². The Morgan fingerprint density at radius 2 is 2.00 bits per heavy atom. The highest BCUT2D eigenvalue weighted by molar-refractivity contribution is 8.02. The highest BCUT2D eigenvalue weighted by atomic mass is 32.2. The van der Waals surface area contributed by atoms with Crippen LogP contribution in [0.25, 0.3) is 0 Å². The molecule has 1 aromatic carbocycles. The Hall–Kier alpha value is -1.74. The van der Waals surface area contributed by atoms with Crippen molar-refractivity contribution in [3.63, 3.8) is 0 Å². The van der Waals surface area contributed by atoms with Crippen molar-refractivity contribution in [1.29, 1.82) is 0 Å². The number of amides is 1. The minimum Gasteiger partial charge on any atom is -0.355 e. The Labute approximate surface area is 147 Å². The molecule has 1 heterocycles. The fraction of sp³-hybridized carbons (Fsp3) is 0.400. The van der Waals surface area contributed by atoms with Crippen molar-refractivity contribution in [2.45, 2.75) is 42.8 Å². The van der Waals surface area contributed by atoms with Crippen LogP contribution in [0, 0.1) is 11.6 Å². The second-order valence-corrected chi connectivity index (χ2v) is 8.69. The molecule has 1 amide bonds. The molecule has 0 fully saturated rings. The van der Waals surface area contributed by atoms with Crippen LogP contribution in [0.15, 0.2) is 22.5 Å². The first-order valence-corrected chi connectivity index (χ1v) is 8.88. The average Bonchev–Trinajstić information content (AvgIpc) is 2.86. The Balaban J connectivity index is 1.96. The van der Waals surface area contributed by atoms with Gasteiger partial charge in [0.25, 0.3) is 0 Å². The van der Waals surface area contributed by atoms with E-state index in [9.17, 15) is 13.6 Å². The van der Waals surface area contributed by atoms with Crippen molar-refractivity contribution in [2.24, 2.45) is 0 Å². The third-order valence-corrected chi connectivity index (χ3v) is 4.75. The summed E-state index contributed by atoms with van der Waals surface area (Å²) >= 11 is 2.57. The maximum atomic E-state index is 13.6. The van der Waals surface area contributed by atoms with Gasteiger partial charge in [-0.25, -0.2) is 8.78 Å². The summed E-state index contributed by atoms with van der Waals surface area (Å²) in [5, 5.41) is 13.9. The second-order valence-electron chi connectivity index (χ2n) is 6.12. The molecular weight excluding hydrogens is 354 g/mol. The normalized spacial score (nSPS) is 12.8. The zero-order valence-corrected chi connectivity index (χ0v) is 15.3. The molecule has 2 N–H and O–H groups in total. The maximum absolute atomic E-state index is 13.6. The molecule has 24 heavy (non-hydrogen) atoms. The van der Waals surface area contributed by atoms with Crippen LogP contribution in [0.4, 0.5) is 19.6 Å². The molecule has 0 saturated heterocycles. The number of hydrogen-bond donors (Lipinski definition) is 2. The topological polar surface area (TPSA) is 66.9 Å². The van der Waals surface area contributed by atoms with Gasteiger partial charge in [-0.3, -0.25) is 4.79 Å². The molecule has 0 bridgehead atoms. The van der Waals surface area contributed by atoms with Crippen LogP contribution in [-0.2, 0) is 4.79 Å². The van der Waals surface area contributed by atoms with Crippen molar-refractivity contribution in [1.82, 2.24) is 10.2 Å². The Morgan fingerprint density at radius 3 is 2.62 bits per heavy atom. The van der Waals surface area contributed by atoms with Gasteiger partial charge in [-0.05, 0) is 39.8 Å². The Bertz CT molecular complexity index is 731. The number of nitrogens with one attached hydrogen (secondary N) is 2. The summed E-state index contributed by atoms with van der Waals surface area (Å²) in [6, 6.07) is 3.00. The molecule has 2 rings (SSSR count). The third-order valence-electron chi connectivity index (χ3n) is 2.72. The van der Waals surface area contributed by atoms with Gasteiger partial charge < -0.3 is 10.6 Å². The molecule has 1 atom stereocenters. The number of carbonyl (C=O) groups excluding carboxylic acids is 1. The van der Waals surface area contributed by atoms with Crippen molar-refractivity contribution in [2.75, 3.05) is 10.6 Å². The molecule has 130 valence electrons. The van der Waals surface area contributed by atoms with E-state index in [1.807, 2.05) is 20.8 Å². The van der Waals surface area contributed by atoms with Gasteiger partial charge in [-0.2, -0.15) is 0 Å².